The van der Waals surface area contributed by atoms with Gasteiger partial charge in [0.05, 0.1) is 53.6 Å². The molecule has 0 radical (unpaired) electrons. The molecule has 0 saturated carbocycles. The lowest BCUT2D eigenvalue weighted by molar-refractivity contribution is -0.136. The Bertz CT molecular complexity index is 1640. The zero-order chi connectivity index (χ0) is 42.8. The smallest absolute Gasteiger partial charge is 0.404 e. The fourth-order valence-electron chi connectivity index (χ4n) is 7.49. The third-order valence-electron chi connectivity index (χ3n) is 10.7. The highest BCUT2D eigenvalue weighted by Gasteiger charge is 2.44. The minimum absolute atomic E-state index is 0.0866. The summed E-state index contributed by atoms with van der Waals surface area (Å²) in [6, 6.07) is 26.2. The molecule has 3 aromatic rings. The molecule has 2 amide bonds. The van der Waals surface area contributed by atoms with Gasteiger partial charge in [-0.05, 0) is 106 Å². The van der Waals surface area contributed by atoms with Crippen LogP contribution in [0.4, 0.5) is 4.79 Å². The van der Waals surface area contributed by atoms with Crippen LogP contribution in [-0.2, 0) is 24.2 Å². The molecule has 0 bridgehead atoms. The molecule has 1 heterocycles. The number of benzene rings is 3. The van der Waals surface area contributed by atoms with Crippen LogP contribution in [0, 0.1) is 16.7 Å². The van der Waals surface area contributed by atoms with Gasteiger partial charge in [-0.3, -0.25) is 4.79 Å². The highest BCUT2D eigenvalue weighted by Crippen LogP contribution is 2.50. The molecule has 14 heteroatoms. The number of carbonyl (C=O) groups excluding carboxylic acids is 1. The maximum absolute atomic E-state index is 13.5. The zero-order valence-corrected chi connectivity index (χ0v) is 36.7. The van der Waals surface area contributed by atoms with Gasteiger partial charge in [0, 0.05) is 43.6 Å². The molecule has 1 atom stereocenters. The molecular weight excluding hydrogens is 771 g/mol. The Kier molecular flexibility index (Phi) is 18.7. The van der Waals surface area contributed by atoms with Crippen LogP contribution in [0.5, 0.6) is 17.2 Å². The molecule has 1 aliphatic rings. The number of hydrogen-bond donors (Lipinski definition) is 2. The Morgan fingerprint density at radius 2 is 1.29 bits per heavy atom. The Balaban J connectivity index is 1.74. The van der Waals surface area contributed by atoms with E-state index in [4.69, 9.17) is 33.1 Å². The lowest BCUT2D eigenvalue weighted by atomic mass is 9.77. The van der Waals surface area contributed by atoms with Crippen molar-refractivity contribution in [1.29, 1.82) is 5.26 Å². The molecular formula is C45H63N4O9P. The Morgan fingerprint density at radius 3 is 1.71 bits per heavy atom. The summed E-state index contributed by atoms with van der Waals surface area (Å²) in [5.41, 5.74) is 1.04. The van der Waals surface area contributed by atoms with E-state index < -0.39 is 25.6 Å². The molecule has 2 N–H and O–H groups in total. The third-order valence-corrected chi connectivity index (χ3v) is 12.8. The normalized spacial score (nSPS) is 14.6. The van der Waals surface area contributed by atoms with Crippen LogP contribution in [0.15, 0.2) is 72.8 Å². The second-order valence-electron chi connectivity index (χ2n) is 15.4. The maximum atomic E-state index is 13.5. The average Bonchev–Trinajstić information content (AvgIpc) is 3.24. The minimum Gasteiger partial charge on any atom is -0.497 e. The minimum atomic E-state index is -1.54. The fourth-order valence-corrected chi connectivity index (χ4v) is 9.21. The summed E-state index contributed by atoms with van der Waals surface area (Å²) in [5, 5.41) is 20.6. The van der Waals surface area contributed by atoms with Gasteiger partial charge in [0.15, 0.2) is 0 Å². The van der Waals surface area contributed by atoms with Crippen molar-refractivity contribution in [3.8, 4) is 23.3 Å². The zero-order valence-electron chi connectivity index (χ0n) is 35.8. The number of carbonyl (C=O) groups is 2. The van der Waals surface area contributed by atoms with E-state index in [1.54, 1.807) is 21.3 Å². The van der Waals surface area contributed by atoms with E-state index in [2.05, 4.69) is 43.8 Å². The second kappa shape index (κ2) is 23.4. The van der Waals surface area contributed by atoms with Gasteiger partial charge in [-0.1, -0.05) is 42.8 Å². The van der Waals surface area contributed by atoms with E-state index in [-0.39, 0.29) is 37.6 Å². The number of nitriles is 1. The molecule has 3 aromatic carbocycles. The first kappa shape index (κ1) is 47.2. The summed E-state index contributed by atoms with van der Waals surface area (Å²) < 4.78 is 39.7. The lowest BCUT2D eigenvalue weighted by Gasteiger charge is -2.46. The van der Waals surface area contributed by atoms with Gasteiger partial charge >= 0.3 is 6.09 Å². The second-order valence-corrected chi connectivity index (χ2v) is 16.9. The number of hydrogen-bond acceptors (Lipinski definition) is 10. The van der Waals surface area contributed by atoms with Gasteiger partial charge in [-0.15, -0.1) is 0 Å². The van der Waals surface area contributed by atoms with Gasteiger partial charge in [-0.25, -0.2) is 9.46 Å². The molecule has 0 aliphatic carbocycles. The molecule has 13 nitrogen and oxygen atoms in total. The van der Waals surface area contributed by atoms with Crippen LogP contribution in [0.25, 0.3) is 0 Å². The highest BCUT2D eigenvalue weighted by atomic mass is 31.2. The number of rotatable bonds is 24. The van der Waals surface area contributed by atoms with Gasteiger partial charge in [0.2, 0.25) is 5.91 Å². The first-order valence-corrected chi connectivity index (χ1v) is 21.6. The Labute approximate surface area is 351 Å². The first-order valence-electron chi connectivity index (χ1n) is 20.4. The molecule has 1 aliphatic heterocycles. The van der Waals surface area contributed by atoms with Crippen molar-refractivity contribution >= 4 is 20.5 Å². The number of nitrogens with one attached hydrogen (secondary N) is 1. The van der Waals surface area contributed by atoms with E-state index in [0.717, 1.165) is 40.4 Å². The van der Waals surface area contributed by atoms with Crippen LogP contribution in [0.1, 0.15) is 89.3 Å². The molecule has 59 heavy (non-hydrogen) atoms. The molecule has 1 fully saturated rings. The van der Waals surface area contributed by atoms with Crippen molar-refractivity contribution in [2.75, 3.05) is 60.8 Å². The van der Waals surface area contributed by atoms with Crippen molar-refractivity contribution in [3.05, 3.63) is 89.5 Å². The van der Waals surface area contributed by atoms with Crippen LogP contribution < -0.4 is 19.5 Å². The maximum Gasteiger partial charge on any atom is 0.404 e. The van der Waals surface area contributed by atoms with Gasteiger partial charge in [0.25, 0.3) is 8.53 Å². The van der Waals surface area contributed by atoms with Crippen molar-refractivity contribution in [3.63, 3.8) is 0 Å². The number of piperidine rings is 1. The van der Waals surface area contributed by atoms with Gasteiger partial charge < -0.3 is 43.3 Å². The van der Waals surface area contributed by atoms with Crippen LogP contribution in [-0.4, -0.2) is 99.5 Å². The summed E-state index contributed by atoms with van der Waals surface area (Å²) in [6.45, 7) is 10.7. The first-order chi connectivity index (χ1) is 28.4. The number of ether oxygens (including phenoxy) is 4. The van der Waals surface area contributed by atoms with Crippen LogP contribution in [0.3, 0.4) is 0 Å². The quantitative estimate of drug-likeness (QED) is 0.0506. The van der Waals surface area contributed by atoms with E-state index in [1.807, 2.05) is 77.7 Å². The molecule has 322 valence electrons. The summed E-state index contributed by atoms with van der Waals surface area (Å²) in [7, 11) is 3.39. The summed E-state index contributed by atoms with van der Waals surface area (Å²) >= 11 is 0. The van der Waals surface area contributed by atoms with Crippen LogP contribution in [0.2, 0.25) is 0 Å². The third kappa shape index (κ3) is 13.0. The van der Waals surface area contributed by atoms with Crippen molar-refractivity contribution in [2.24, 2.45) is 5.41 Å². The summed E-state index contributed by atoms with van der Waals surface area (Å²) in [6.07, 6.45) is 2.98. The number of carboxylic acid groups (broad SMARTS) is 1. The number of amides is 2. The van der Waals surface area contributed by atoms with E-state index in [9.17, 15) is 14.9 Å². The predicted octanol–water partition coefficient (Wildman–Crippen LogP) is 8.75. The fraction of sp³-hybridized carbons (Fsp3) is 0.533. The summed E-state index contributed by atoms with van der Waals surface area (Å²) in [5.74, 6) is 2.24. The van der Waals surface area contributed by atoms with E-state index >= 15 is 0 Å². The SMILES string of the molecule is COc1ccc(C(OCC2(COP(OCCC#N)N(C(C)C)C(C)C)CCN(C(=O)CCCCCNC(=O)O)CC2)(c2ccc(OC)cc2)c2ccc(OC)cc2)cc1. The number of methoxy groups -OCH3 is 3. The van der Waals surface area contributed by atoms with E-state index in [1.165, 1.54) is 0 Å². The molecule has 0 aromatic heterocycles. The van der Waals surface area contributed by atoms with Crippen molar-refractivity contribution < 1.29 is 42.7 Å². The van der Waals surface area contributed by atoms with E-state index in [0.29, 0.717) is 58.3 Å². The van der Waals surface area contributed by atoms with Crippen molar-refractivity contribution in [2.45, 2.75) is 90.3 Å². The molecule has 0 spiro atoms. The predicted molar refractivity (Wildman–Crippen MR) is 229 cm³/mol. The number of likely N-dealkylation sites (tertiary alicyclic amines) is 1. The molecule has 1 saturated heterocycles. The number of unbranched alkanes of at least 4 members (excludes halogenated alkanes) is 2. The average molecular weight is 835 g/mol. The summed E-state index contributed by atoms with van der Waals surface area (Å²) in [4.78, 5) is 26.2. The van der Waals surface area contributed by atoms with Crippen LogP contribution >= 0.6 is 8.53 Å². The number of nitrogens with zero attached hydrogens (tertiary/aromatic N) is 3. The Hall–Kier alpha value is -4.44. The monoisotopic (exact) mass is 834 g/mol. The largest absolute Gasteiger partial charge is 0.497 e. The lowest BCUT2D eigenvalue weighted by Crippen LogP contribution is -2.48. The molecule has 1 unspecified atom stereocenters. The topological polar surface area (TPSA) is 152 Å². The van der Waals surface area contributed by atoms with Gasteiger partial charge in [0.1, 0.15) is 22.8 Å². The standard InChI is InChI=1S/C45H63N4O9P/c1-34(2)49(35(3)4)59(57-31-11-27-46)58-33-44(25-29-48(30-26-44)42(50)12-9-8-10-28-47-43(51)52)32-56-45(36-13-19-39(53-5)20-14-36,37-15-21-40(54-6)22-16-37)38-17-23-41(55-7)24-18-38/h13-24,34-35,47H,8-12,25-26,28-33H2,1-7H3,(H,51,52). The Morgan fingerprint density at radius 1 is 0.797 bits per heavy atom. The van der Waals surface area contributed by atoms with Gasteiger partial charge in [-0.2, -0.15) is 5.26 Å². The van der Waals surface area contributed by atoms with Crippen molar-refractivity contribution in [1.82, 2.24) is 14.9 Å². The molecule has 4 rings (SSSR count). The highest BCUT2D eigenvalue weighted by molar-refractivity contribution is 7.44.